The Morgan fingerprint density at radius 2 is 0.547 bits per heavy atom. The molecule has 6 nitrogen and oxygen atoms in total. The van der Waals surface area contributed by atoms with Crippen LogP contribution >= 0.6 is 0 Å². The third kappa shape index (κ3) is 61.1. The van der Waals surface area contributed by atoms with E-state index in [1.807, 2.05) is 0 Å². The van der Waals surface area contributed by atoms with Crippen LogP contribution in [-0.2, 0) is 28.6 Å². The van der Waals surface area contributed by atoms with E-state index < -0.39 is 6.10 Å². The summed E-state index contributed by atoms with van der Waals surface area (Å²) >= 11 is 0. The first-order chi connectivity index (χ1) is 37.0. The van der Waals surface area contributed by atoms with Gasteiger partial charge in [0.25, 0.3) is 0 Å². The molecular formula is C69H118O6. The third-order valence-electron chi connectivity index (χ3n) is 13.5. The fraction of sp³-hybridized carbons (Fsp3) is 0.725. The molecule has 1 atom stereocenters. The van der Waals surface area contributed by atoms with Crippen LogP contribution in [0.2, 0.25) is 0 Å². The van der Waals surface area contributed by atoms with Gasteiger partial charge in [0.2, 0.25) is 0 Å². The van der Waals surface area contributed by atoms with Crippen LogP contribution in [0, 0.1) is 0 Å². The number of allylic oxidation sites excluding steroid dienone is 16. The highest BCUT2D eigenvalue weighted by molar-refractivity contribution is 5.71. The molecule has 0 aliphatic carbocycles. The first-order valence-corrected chi connectivity index (χ1v) is 31.7. The van der Waals surface area contributed by atoms with E-state index >= 15 is 0 Å². The van der Waals surface area contributed by atoms with E-state index in [2.05, 4.69) is 118 Å². The Morgan fingerprint density at radius 1 is 0.280 bits per heavy atom. The lowest BCUT2D eigenvalue weighted by Crippen LogP contribution is -2.30. The van der Waals surface area contributed by atoms with Crippen LogP contribution in [0.3, 0.4) is 0 Å². The van der Waals surface area contributed by atoms with Crippen molar-refractivity contribution in [2.45, 2.75) is 309 Å². The highest BCUT2D eigenvalue weighted by atomic mass is 16.6. The van der Waals surface area contributed by atoms with Gasteiger partial charge in [-0.05, 0) is 116 Å². The number of ether oxygens (including phenoxy) is 3. The fourth-order valence-corrected chi connectivity index (χ4v) is 8.80. The van der Waals surface area contributed by atoms with E-state index in [-0.39, 0.29) is 37.5 Å². The van der Waals surface area contributed by atoms with Crippen LogP contribution in [-0.4, -0.2) is 37.2 Å². The number of carbonyl (C=O) groups is 3. The zero-order valence-electron chi connectivity index (χ0n) is 49.3. The summed E-state index contributed by atoms with van der Waals surface area (Å²) in [5.41, 5.74) is 0. The average molecular weight is 1040 g/mol. The number of unbranched alkanes of at least 4 members (excludes halogenated alkanes) is 30. The Hall–Kier alpha value is -3.67. The number of hydrogen-bond acceptors (Lipinski definition) is 6. The molecule has 6 heteroatoms. The molecule has 1 unspecified atom stereocenters. The van der Waals surface area contributed by atoms with Gasteiger partial charge in [0, 0.05) is 19.3 Å². The topological polar surface area (TPSA) is 78.9 Å². The van der Waals surface area contributed by atoms with Gasteiger partial charge in [-0.3, -0.25) is 14.4 Å². The summed E-state index contributed by atoms with van der Waals surface area (Å²) in [5.74, 6) is -0.948. The van der Waals surface area contributed by atoms with Gasteiger partial charge in [0.15, 0.2) is 6.10 Å². The predicted octanol–water partition coefficient (Wildman–Crippen LogP) is 21.7. The Balaban J connectivity index is 4.24. The standard InChI is InChI=1S/C69H118O6/c1-4-7-10-13-16-19-22-25-27-28-29-30-31-32-33-34-35-36-37-38-39-40-42-44-47-50-53-56-59-62-68(71)74-65-66(64-73-67(70)61-58-55-52-49-46-43-24-21-18-15-12-9-6-3)75-69(72)63-60-57-54-51-48-45-41-26-23-20-17-14-11-8-5-2/h8,11-12,15,17,20-22,24-26,28-29,41,48,51,66H,4-7,9-10,13-14,16,18-19,23,27,30-40,42-47,49-50,52-65H2,1-3H3/b11-8-,15-12-,20-17-,24-21-,25-22-,29-28-,41-26-,51-48-. The molecule has 0 radical (unpaired) electrons. The van der Waals surface area contributed by atoms with Crippen molar-refractivity contribution in [2.75, 3.05) is 13.2 Å². The Kier molecular flexibility index (Phi) is 59.8. The largest absolute Gasteiger partial charge is 0.462 e. The van der Waals surface area contributed by atoms with Crippen molar-refractivity contribution in [1.29, 1.82) is 0 Å². The van der Waals surface area contributed by atoms with Crippen molar-refractivity contribution in [3.8, 4) is 0 Å². The molecule has 0 aromatic heterocycles. The quantitative estimate of drug-likeness (QED) is 0.0261. The van der Waals surface area contributed by atoms with Gasteiger partial charge in [0.1, 0.15) is 13.2 Å². The minimum atomic E-state index is -0.805. The first kappa shape index (κ1) is 71.3. The van der Waals surface area contributed by atoms with Crippen molar-refractivity contribution >= 4 is 17.9 Å². The molecule has 0 fully saturated rings. The van der Waals surface area contributed by atoms with Gasteiger partial charge >= 0.3 is 17.9 Å². The van der Waals surface area contributed by atoms with Crippen LogP contribution in [0.4, 0.5) is 0 Å². The van der Waals surface area contributed by atoms with Crippen LogP contribution in [0.1, 0.15) is 303 Å². The van der Waals surface area contributed by atoms with Gasteiger partial charge < -0.3 is 14.2 Å². The molecule has 0 bridgehead atoms. The molecule has 0 heterocycles. The van der Waals surface area contributed by atoms with E-state index in [1.54, 1.807) is 0 Å². The SMILES string of the molecule is CC/C=C\C/C=C\C/C=C\C/C=C\CCCCC(=O)OC(COC(=O)CCCCCCC/C=C\C/C=C\CCC)COC(=O)CCCCCCCCCCCCCCCCCCC/C=C\C/C=C\CCCCCCC. The minimum Gasteiger partial charge on any atom is -0.462 e. The summed E-state index contributed by atoms with van der Waals surface area (Å²) in [6.45, 7) is 6.42. The maximum absolute atomic E-state index is 12.8. The molecule has 0 rings (SSSR count). The lowest BCUT2D eigenvalue weighted by molar-refractivity contribution is -0.167. The third-order valence-corrected chi connectivity index (χ3v) is 13.5. The Labute approximate surface area is 464 Å². The van der Waals surface area contributed by atoms with Crippen molar-refractivity contribution in [3.05, 3.63) is 97.2 Å². The molecule has 0 N–H and O–H groups in total. The normalized spacial score (nSPS) is 12.7. The molecule has 0 aliphatic rings. The maximum Gasteiger partial charge on any atom is 0.306 e. The highest BCUT2D eigenvalue weighted by Gasteiger charge is 2.19. The molecule has 0 aromatic carbocycles. The van der Waals surface area contributed by atoms with Gasteiger partial charge in [0.05, 0.1) is 0 Å². The lowest BCUT2D eigenvalue weighted by Gasteiger charge is -2.18. The van der Waals surface area contributed by atoms with Gasteiger partial charge in [-0.25, -0.2) is 0 Å². The van der Waals surface area contributed by atoms with Crippen LogP contribution < -0.4 is 0 Å². The van der Waals surface area contributed by atoms with Crippen molar-refractivity contribution in [1.82, 2.24) is 0 Å². The monoisotopic (exact) mass is 1040 g/mol. The minimum absolute atomic E-state index is 0.0976. The zero-order valence-corrected chi connectivity index (χ0v) is 49.3. The van der Waals surface area contributed by atoms with E-state index in [0.717, 1.165) is 116 Å². The zero-order chi connectivity index (χ0) is 54.3. The second-order valence-corrected chi connectivity index (χ2v) is 20.9. The lowest BCUT2D eigenvalue weighted by atomic mass is 10.0. The molecule has 0 spiro atoms. The number of esters is 3. The highest BCUT2D eigenvalue weighted by Crippen LogP contribution is 2.16. The van der Waals surface area contributed by atoms with Crippen molar-refractivity contribution in [3.63, 3.8) is 0 Å². The summed E-state index contributed by atoms with van der Waals surface area (Å²) in [6.07, 6.45) is 84.3. The van der Waals surface area contributed by atoms with Crippen LogP contribution in [0.5, 0.6) is 0 Å². The van der Waals surface area contributed by atoms with Gasteiger partial charge in [-0.15, -0.1) is 0 Å². The molecule has 430 valence electrons. The molecule has 75 heavy (non-hydrogen) atoms. The average Bonchev–Trinajstić information content (AvgIpc) is 3.41. The maximum atomic E-state index is 12.8. The number of carbonyl (C=O) groups excluding carboxylic acids is 3. The molecule has 0 saturated heterocycles. The summed E-state index contributed by atoms with van der Waals surface area (Å²) in [6, 6.07) is 0. The molecule has 0 aromatic rings. The number of rotatable bonds is 57. The van der Waals surface area contributed by atoms with E-state index in [0.29, 0.717) is 19.3 Å². The van der Waals surface area contributed by atoms with E-state index in [4.69, 9.17) is 14.2 Å². The molecule has 0 amide bonds. The van der Waals surface area contributed by atoms with E-state index in [9.17, 15) is 14.4 Å². The predicted molar refractivity (Wildman–Crippen MR) is 325 cm³/mol. The number of hydrogen-bond donors (Lipinski definition) is 0. The Morgan fingerprint density at radius 3 is 0.893 bits per heavy atom. The molecular weight excluding hydrogens is 925 g/mol. The smallest absolute Gasteiger partial charge is 0.306 e. The van der Waals surface area contributed by atoms with Gasteiger partial charge in [-0.2, -0.15) is 0 Å². The Bertz CT molecular complexity index is 1480. The first-order valence-electron chi connectivity index (χ1n) is 31.7. The molecule has 0 saturated carbocycles. The second-order valence-electron chi connectivity index (χ2n) is 20.9. The summed E-state index contributed by atoms with van der Waals surface area (Å²) < 4.78 is 16.8. The van der Waals surface area contributed by atoms with Crippen LogP contribution in [0.15, 0.2) is 97.2 Å². The summed E-state index contributed by atoms with van der Waals surface area (Å²) in [5, 5.41) is 0. The van der Waals surface area contributed by atoms with Crippen molar-refractivity contribution < 1.29 is 28.6 Å². The summed E-state index contributed by atoms with van der Waals surface area (Å²) in [4.78, 5) is 38.2. The van der Waals surface area contributed by atoms with Crippen molar-refractivity contribution in [2.24, 2.45) is 0 Å². The molecule has 0 aliphatic heterocycles. The fourth-order valence-electron chi connectivity index (χ4n) is 8.80. The van der Waals surface area contributed by atoms with Crippen LogP contribution in [0.25, 0.3) is 0 Å². The van der Waals surface area contributed by atoms with E-state index in [1.165, 1.54) is 141 Å². The second kappa shape index (κ2) is 62.9. The van der Waals surface area contributed by atoms with Gasteiger partial charge in [-0.1, -0.05) is 266 Å². The summed E-state index contributed by atoms with van der Waals surface area (Å²) in [7, 11) is 0.